The molecule has 1 aliphatic carbocycles. The Morgan fingerprint density at radius 3 is 2.32 bits per heavy atom. The summed E-state index contributed by atoms with van der Waals surface area (Å²) in [5, 5.41) is 8.67. The predicted octanol–water partition coefficient (Wildman–Crippen LogP) is 3.53. The van der Waals surface area contributed by atoms with Crippen molar-refractivity contribution in [2.75, 3.05) is 13.6 Å². The number of hydrogen-bond acceptors (Lipinski definition) is 7. The third-order valence-electron chi connectivity index (χ3n) is 9.93. The molecule has 50 heavy (non-hydrogen) atoms. The Kier molecular flexibility index (Phi) is 14.5. The van der Waals surface area contributed by atoms with E-state index in [2.05, 4.69) is 30.9 Å². The van der Waals surface area contributed by atoms with Crippen molar-refractivity contribution in [1.82, 2.24) is 35.8 Å². The van der Waals surface area contributed by atoms with Crippen LogP contribution in [0.2, 0.25) is 0 Å². The number of pyridine rings is 1. The molecule has 1 aromatic carbocycles. The topological polar surface area (TPSA) is 175 Å². The molecular weight excluding hydrogens is 632 g/mol. The Morgan fingerprint density at radius 1 is 0.940 bits per heavy atom. The molecule has 5 atom stereocenters. The number of carbonyl (C=O) groups is 4. The SMILES string of the molecule is CC.CNC(=O)[C@H](Cc1ccncc1)NC(=O)[C@@H]1CC(C2CCCCC2)CN1C(=O)C[C@H](NC(=O)[C@@H](N)Cc1cnc[nH]1)c1ccccc1C. The molecule has 6 N–H and O–H groups in total. The van der Waals surface area contributed by atoms with Gasteiger partial charge in [-0.2, -0.15) is 0 Å². The number of nitrogens with zero attached hydrogens (tertiary/aromatic N) is 3. The quantitative estimate of drug-likeness (QED) is 0.183. The van der Waals surface area contributed by atoms with Crippen LogP contribution in [0.1, 0.15) is 87.2 Å². The molecule has 2 aromatic heterocycles. The Labute approximate surface area is 295 Å². The monoisotopic (exact) mass is 686 g/mol. The molecule has 2 aliphatic rings. The first-order valence-corrected chi connectivity index (χ1v) is 18.0. The first-order chi connectivity index (χ1) is 24.2. The summed E-state index contributed by atoms with van der Waals surface area (Å²) in [6, 6.07) is 8.21. The molecule has 2 fully saturated rings. The van der Waals surface area contributed by atoms with E-state index in [4.69, 9.17) is 5.73 Å². The molecule has 3 aromatic rings. The van der Waals surface area contributed by atoms with E-state index >= 15 is 0 Å². The normalized spacial score (nSPS) is 19.3. The van der Waals surface area contributed by atoms with E-state index in [9.17, 15) is 19.2 Å². The molecule has 1 saturated heterocycles. The first-order valence-electron chi connectivity index (χ1n) is 18.0. The molecule has 0 bridgehead atoms. The van der Waals surface area contributed by atoms with Crippen molar-refractivity contribution in [3.05, 3.63) is 83.7 Å². The summed E-state index contributed by atoms with van der Waals surface area (Å²) in [5.74, 6) is -0.652. The molecule has 12 nitrogen and oxygen atoms in total. The summed E-state index contributed by atoms with van der Waals surface area (Å²) in [4.78, 5) is 67.3. The van der Waals surface area contributed by atoms with Crippen LogP contribution in [-0.2, 0) is 32.0 Å². The predicted molar refractivity (Wildman–Crippen MR) is 192 cm³/mol. The minimum atomic E-state index is -0.852. The highest BCUT2D eigenvalue weighted by atomic mass is 16.2. The summed E-state index contributed by atoms with van der Waals surface area (Å²) in [5.41, 5.74) is 9.62. The molecule has 4 amide bonds. The molecule has 1 saturated carbocycles. The minimum Gasteiger partial charge on any atom is -0.357 e. The molecule has 1 aliphatic heterocycles. The number of aryl methyl sites for hydroxylation is 1. The number of benzene rings is 1. The fourth-order valence-electron chi connectivity index (χ4n) is 7.26. The number of nitrogens with two attached hydrogens (primary N) is 1. The van der Waals surface area contributed by atoms with Crippen LogP contribution in [0.15, 0.2) is 61.3 Å². The first kappa shape index (κ1) is 38.2. The van der Waals surface area contributed by atoms with Crippen LogP contribution in [0.4, 0.5) is 0 Å². The fourth-order valence-corrected chi connectivity index (χ4v) is 7.26. The van der Waals surface area contributed by atoms with Gasteiger partial charge in [0.1, 0.15) is 12.1 Å². The van der Waals surface area contributed by atoms with Crippen molar-refractivity contribution in [1.29, 1.82) is 0 Å². The van der Waals surface area contributed by atoms with Crippen molar-refractivity contribution >= 4 is 23.6 Å². The van der Waals surface area contributed by atoms with E-state index in [1.807, 2.05) is 57.2 Å². The van der Waals surface area contributed by atoms with E-state index in [0.29, 0.717) is 25.3 Å². The van der Waals surface area contributed by atoms with E-state index in [1.165, 1.54) is 12.7 Å². The van der Waals surface area contributed by atoms with Gasteiger partial charge in [-0.15, -0.1) is 0 Å². The van der Waals surface area contributed by atoms with Gasteiger partial charge in [0.05, 0.1) is 24.8 Å². The largest absolute Gasteiger partial charge is 0.357 e. The number of likely N-dealkylation sites (tertiary alicyclic amines) is 1. The average molecular weight is 687 g/mol. The van der Waals surface area contributed by atoms with Gasteiger partial charge in [0.25, 0.3) is 0 Å². The number of rotatable bonds is 13. The number of aromatic nitrogens is 3. The van der Waals surface area contributed by atoms with E-state index in [0.717, 1.165) is 48.1 Å². The van der Waals surface area contributed by atoms with Crippen LogP contribution in [0.5, 0.6) is 0 Å². The molecular formula is C38H54N8O4. The number of nitrogens with one attached hydrogen (secondary N) is 4. The van der Waals surface area contributed by atoms with Crippen molar-refractivity contribution in [3.8, 4) is 0 Å². The summed E-state index contributed by atoms with van der Waals surface area (Å²) in [6.45, 7) is 6.40. The van der Waals surface area contributed by atoms with Crippen LogP contribution in [0, 0.1) is 18.8 Å². The Hall–Kier alpha value is -4.58. The zero-order valence-electron chi connectivity index (χ0n) is 29.9. The molecule has 270 valence electrons. The highest BCUT2D eigenvalue weighted by Gasteiger charge is 2.43. The summed E-state index contributed by atoms with van der Waals surface area (Å²) < 4.78 is 0. The fraction of sp³-hybridized carbons (Fsp3) is 0.526. The zero-order chi connectivity index (χ0) is 36.0. The molecule has 5 rings (SSSR count). The van der Waals surface area contributed by atoms with Gasteiger partial charge in [-0.05, 0) is 54.0 Å². The zero-order valence-corrected chi connectivity index (χ0v) is 29.9. The second kappa shape index (κ2) is 19.0. The second-order valence-electron chi connectivity index (χ2n) is 13.2. The molecule has 12 heteroatoms. The van der Waals surface area contributed by atoms with Crippen LogP contribution in [-0.4, -0.2) is 75.2 Å². The van der Waals surface area contributed by atoms with Crippen LogP contribution >= 0.6 is 0 Å². The van der Waals surface area contributed by atoms with Gasteiger partial charge in [-0.1, -0.05) is 70.2 Å². The van der Waals surface area contributed by atoms with E-state index < -0.39 is 24.2 Å². The Morgan fingerprint density at radius 2 is 1.66 bits per heavy atom. The maximum Gasteiger partial charge on any atom is 0.243 e. The van der Waals surface area contributed by atoms with Gasteiger partial charge in [0, 0.05) is 50.7 Å². The lowest BCUT2D eigenvalue weighted by Crippen LogP contribution is -2.53. The van der Waals surface area contributed by atoms with Crippen molar-refractivity contribution < 1.29 is 19.2 Å². The molecule has 3 heterocycles. The number of likely N-dealkylation sites (N-methyl/N-ethyl adjacent to an activating group) is 1. The lowest BCUT2D eigenvalue weighted by Gasteiger charge is -2.29. The Bertz CT molecular complexity index is 1530. The lowest BCUT2D eigenvalue weighted by molar-refractivity contribution is -0.140. The van der Waals surface area contributed by atoms with Gasteiger partial charge in [0.2, 0.25) is 23.6 Å². The molecule has 1 unspecified atom stereocenters. The van der Waals surface area contributed by atoms with Crippen LogP contribution < -0.4 is 21.7 Å². The molecule has 0 spiro atoms. The maximum absolute atomic E-state index is 14.3. The number of aromatic amines is 1. The number of imidazole rings is 1. The minimum absolute atomic E-state index is 0.0373. The van der Waals surface area contributed by atoms with Gasteiger partial charge >= 0.3 is 0 Å². The number of amides is 4. The highest BCUT2D eigenvalue weighted by Crippen LogP contribution is 2.38. The van der Waals surface area contributed by atoms with Gasteiger partial charge in [0.15, 0.2) is 0 Å². The molecule has 0 radical (unpaired) electrons. The summed E-state index contributed by atoms with van der Waals surface area (Å²) >= 11 is 0. The van der Waals surface area contributed by atoms with Crippen molar-refractivity contribution in [3.63, 3.8) is 0 Å². The summed E-state index contributed by atoms with van der Waals surface area (Å²) in [6.07, 6.45) is 13.2. The van der Waals surface area contributed by atoms with Crippen molar-refractivity contribution in [2.45, 2.75) is 103 Å². The van der Waals surface area contributed by atoms with Crippen molar-refractivity contribution in [2.24, 2.45) is 17.6 Å². The van der Waals surface area contributed by atoms with Crippen LogP contribution in [0.25, 0.3) is 0 Å². The second-order valence-corrected chi connectivity index (χ2v) is 13.2. The number of hydrogen-bond donors (Lipinski definition) is 5. The van der Waals surface area contributed by atoms with Gasteiger partial charge in [-0.25, -0.2) is 4.98 Å². The number of carbonyl (C=O) groups excluding carboxylic acids is 4. The smallest absolute Gasteiger partial charge is 0.243 e. The number of H-pyrrole nitrogens is 1. The van der Waals surface area contributed by atoms with Crippen LogP contribution in [0.3, 0.4) is 0 Å². The summed E-state index contributed by atoms with van der Waals surface area (Å²) in [7, 11) is 1.54. The van der Waals surface area contributed by atoms with Gasteiger partial charge in [-0.3, -0.25) is 24.2 Å². The third-order valence-corrected chi connectivity index (χ3v) is 9.93. The Balaban J connectivity index is 0.00000276. The maximum atomic E-state index is 14.3. The standard InChI is InChI=1S/C36H48N8O4.C2H6/c1-23-8-6-7-11-28(23)30(42-34(46)29(37)18-27-20-40-22-41-27)19-33(45)44-21-26(25-9-4-3-5-10-25)17-32(44)36(48)43-31(35(47)38-2)16-24-12-14-39-15-13-24;1-2/h6-8,11-15,20,22,25-26,29-32H,3-5,9-10,16-19,21,37H2,1-2H3,(H,38,47)(H,40,41)(H,42,46)(H,43,48);1-2H3/t26?,29-,30-,31-,32-;/m0./s1. The third kappa shape index (κ3) is 10.2. The average Bonchev–Trinajstić information content (AvgIpc) is 3.83. The van der Waals surface area contributed by atoms with E-state index in [-0.39, 0.29) is 42.4 Å². The van der Waals surface area contributed by atoms with Gasteiger partial charge < -0.3 is 31.6 Å². The highest BCUT2D eigenvalue weighted by molar-refractivity contribution is 5.93. The van der Waals surface area contributed by atoms with E-state index in [1.54, 1.807) is 30.5 Å². The lowest BCUT2D eigenvalue weighted by atomic mass is 9.79.